The number of sulfonamides is 1. The summed E-state index contributed by atoms with van der Waals surface area (Å²) in [5.74, 6) is -0.404. The molecule has 0 amide bonds. The molecule has 8 heteroatoms. The summed E-state index contributed by atoms with van der Waals surface area (Å²) < 4.78 is 39.6. The lowest BCUT2D eigenvalue weighted by Gasteiger charge is -2.59. The van der Waals surface area contributed by atoms with Crippen molar-refractivity contribution < 1.29 is 22.7 Å². The number of alkyl halides is 1. The van der Waals surface area contributed by atoms with E-state index < -0.39 is 22.1 Å². The van der Waals surface area contributed by atoms with Gasteiger partial charge in [0.25, 0.3) is 0 Å². The van der Waals surface area contributed by atoms with Gasteiger partial charge in [0.15, 0.2) is 0 Å². The quantitative estimate of drug-likeness (QED) is 0.388. The molecule has 0 spiro atoms. The number of nitrogens with zero attached hydrogens (tertiary/aromatic N) is 1. The van der Waals surface area contributed by atoms with E-state index in [0.29, 0.717) is 12.8 Å². The van der Waals surface area contributed by atoms with Crippen molar-refractivity contribution in [1.29, 1.82) is 0 Å². The number of carbonyl (C=O) groups is 1. The van der Waals surface area contributed by atoms with Crippen LogP contribution in [0.1, 0.15) is 19.8 Å². The second kappa shape index (κ2) is 5.93. The molecule has 0 saturated carbocycles. The lowest BCUT2D eigenvalue weighted by molar-refractivity contribution is -0.222. The number of ether oxygens (including phenoxy) is 2. The van der Waals surface area contributed by atoms with Crippen molar-refractivity contribution in [2.45, 2.75) is 59.0 Å². The third kappa shape index (κ3) is 2.49. The Bertz CT molecular complexity index is 755. The van der Waals surface area contributed by atoms with E-state index in [1.54, 1.807) is 34.6 Å². The summed E-state index contributed by atoms with van der Waals surface area (Å²) in [6, 6.07) is 7.98. The van der Waals surface area contributed by atoms with Gasteiger partial charge in [-0.2, -0.15) is 4.31 Å². The molecule has 4 heterocycles. The molecule has 0 aromatic heterocycles. The first-order valence-corrected chi connectivity index (χ1v) is 10.6. The van der Waals surface area contributed by atoms with Crippen LogP contribution >= 0.6 is 22.6 Å². The Balaban J connectivity index is 1.75. The van der Waals surface area contributed by atoms with Gasteiger partial charge in [-0.15, -0.1) is 0 Å². The topological polar surface area (TPSA) is 72.9 Å². The SMILES string of the molecule is CC(=O)OC1C2CC3C(I)C(CC1N3S(=O)(=O)c1ccccc1)O2. The summed E-state index contributed by atoms with van der Waals surface area (Å²) in [7, 11) is -3.64. The van der Waals surface area contributed by atoms with Crippen LogP contribution in [0.5, 0.6) is 0 Å². The molecule has 4 saturated heterocycles. The van der Waals surface area contributed by atoms with Gasteiger partial charge in [0.05, 0.1) is 27.1 Å². The van der Waals surface area contributed by atoms with E-state index in [2.05, 4.69) is 22.6 Å². The van der Waals surface area contributed by atoms with Gasteiger partial charge in [0.2, 0.25) is 10.0 Å². The summed E-state index contributed by atoms with van der Waals surface area (Å²) in [5, 5.41) is 0. The van der Waals surface area contributed by atoms with Crippen molar-refractivity contribution in [3.8, 4) is 0 Å². The highest BCUT2D eigenvalue weighted by Gasteiger charge is 2.61. The van der Waals surface area contributed by atoms with Gasteiger partial charge in [-0.3, -0.25) is 4.79 Å². The Labute approximate surface area is 154 Å². The molecule has 0 aliphatic carbocycles. The van der Waals surface area contributed by atoms with Crippen LogP contribution in [0.4, 0.5) is 0 Å². The molecular weight excluding hydrogens is 445 g/mol. The Morgan fingerprint density at radius 3 is 2.54 bits per heavy atom. The van der Waals surface area contributed by atoms with E-state index in [9.17, 15) is 13.2 Å². The summed E-state index contributed by atoms with van der Waals surface area (Å²) >= 11 is 2.29. The fourth-order valence-electron chi connectivity index (χ4n) is 4.14. The number of benzene rings is 1. The molecule has 4 fully saturated rings. The fraction of sp³-hybridized carbons (Fsp3) is 0.562. The van der Waals surface area contributed by atoms with Crippen LogP contribution < -0.4 is 0 Å². The first kappa shape index (κ1) is 16.7. The average molecular weight is 463 g/mol. The first-order chi connectivity index (χ1) is 11.4. The van der Waals surface area contributed by atoms with Crippen LogP contribution in [0, 0.1) is 0 Å². The second-order valence-corrected chi connectivity index (χ2v) is 9.77. The van der Waals surface area contributed by atoms with Crippen LogP contribution in [0.15, 0.2) is 35.2 Å². The van der Waals surface area contributed by atoms with E-state index in [1.807, 2.05) is 0 Å². The van der Waals surface area contributed by atoms with Gasteiger partial charge >= 0.3 is 5.97 Å². The van der Waals surface area contributed by atoms with Crippen LogP contribution in [0.3, 0.4) is 0 Å². The first-order valence-electron chi connectivity index (χ1n) is 7.95. The maximum absolute atomic E-state index is 13.2. The molecule has 1 aromatic rings. The Hall–Kier alpha value is -0.710. The number of carbonyl (C=O) groups excluding carboxylic acids is 1. The average Bonchev–Trinajstić information content (AvgIpc) is 2.53. The number of rotatable bonds is 3. The van der Waals surface area contributed by atoms with E-state index in [1.165, 1.54) is 6.92 Å². The predicted molar refractivity (Wildman–Crippen MR) is 94.3 cm³/mol. The molecule has 1 aromatic carbocycles. The third-order valence-electron chi connectivity index (χ3n) is 5.04. The van der Waals surface area contributed by atoms with Crippen molar-refractivity contribution >= 4 is 38.6 Å². The summed E-state index contributed by atoms with van der Waals surface area (Å²) in [6.45, 7) is 1.35. The van der Waals surface area contributed by atoms with Crippen molar-refractivity contribution in [3.63, 3.8) is 0 Å². The number of esters is 1. The molecule has 130 valence electrons. The van der Waals surface area contributed by atoms with Crippen LogP contribution in [-0.4, -0.2) is 53.0 Å². The van der Waals surface area contributed by atoms with Crippen LogP contribution in [0.25, 0.3) is 0 Å². The van der Waals surface area contributed by atoms with Crippen molar-refractivity contribution in [1.82, 2.24) is 4.31 Å². The van der Waals surface area contributed by atoms with Crippen LogP contribution in [-0.2, 0) is 24.3 Å². The molecule has 4 aliphatic heterocycles. The largest absolute Gasteiger partial charge is 0.458 e. The molecule has 4 bridgehead atoms. The molecule has 4 aliphatic rings. The lowest BCUT2D eigenvalue weighted by atomic mass is 9.78. The molecule has 0 N–H and O–H groups in total. The smallest absolute Gasteiger partial charge is 0.303 e. The van der Waals surface area contributed by atoms with Gasteiger partial charge in [0.1, 0.15) is 6.10 Å². The summed E-state index contributed by atoms with van der Waals surface area (Å²) in [4.78, 5) is 11.8. The van der Waals surface area contributed by atoms with E-state index in [0.717, 1.165) is 0 Å². The van der Waals surface area contributed by atoms with E-state index in [4.69, 9.17) is 9.47 Å². The Morgan fingerprint density at radius 2 is 1.88 bits per heavy atom. The van der Waals surface area contributed by atoms with Gasteiger partial charge in [-0.1, -0.05) is 40.8 Å². The molecule has 6 unspecified atom stereocenters. The minimum atomic E-state index is -3.64. The molecule has 24 heavy (non-hydrogen) atoms. The zero-order chi connectivity index (χ0) is 17.1. The Morgan fingerprint density at radius 1 is 1.21 bits per heavy atom. The second-order valence-electron chi connectivity index (χ2n) is 6.49. The minimum absolute atomic E-state index is 0.0216. The Kier molecular flexibility index (Phi) is 4.13. The highest BCUT2D eigenvalue weighted by molar-refractivity contribution is 14.1. The number of hydrogen-bond acceptors (Lipinski definition) is 5. The number of hydrogen-bond donors (Lipinski definition) is 0. The van der Waals surface area contributed by atoms with E-state index >= 15 is 0 Å². The highest BCUT2D eigenvalue weighted by atomic mass is 127. The summed E-state index contributed by atoms with van der Waals surface area (Å²) in [6.07, 6.45) is 0.400. The van der Waals surface area contributed by atoms with Crippen molar-refractivity contribution in [2.75, 3.05) is 0 Å². The number of piperidine rings is 2. The molecule has 6 atom stereocenters. The minimum Gasteiger partial charge on any atom is -0.458 e. The standard InChI is InChI=1S/C16H18INO5S/c1-9(19)22-16-12-8-13-15(17)11(7-14(16)23-13)18(12)24(20,21)10-5-3-2-4-6-10/h2-6,11-16H,7-8H2,1H3. The van der Waals surface area contributed by atoms with Gasteiger partial charge in [-0.25, -0.2) is 8.42 Å². The van der Waals surface area contributed by atoms with Gasteiger partial charge in [0, 0.05) is 13.0 Å². The molecular formula is C16H18INO5S. The molecule has 6 nitrogen and oxygen atoms in total. The predicted octanol–water partition coefficient (Wildman–Crippen LogP) is 1.72. The monoisotopic (exact) mass is 463 g/mol. The fourth-order valence-corrected chi connectivity index (χ4v) is 7.35. The number of halogens is 1. The van der Waals surface area contributed by atoms with Crippen molar-refractivity contribution in [2.24, 2.45) is 0 Å². The molecule has 5 rings (SSSR count). The lowest BCUT2D eigenvalue weighted by Crippen LogP contribution is -2.74. The normalized spacial score (nSPS) is 38.2. The highest BCUT2D eigenvalue weighted by Crippen LogP contribution is 2.48. The molecule has 0 radical (unpaired) electrons. The summed E-state index contributed by atoms with van der Waals surface area (Å²) in [5.41, 5.74) is 0. The zero-order valence-corrected chi connectivity index (χ0v) is 16.0. The third-order valence-corrected chi connectivity index (χ3v) is 8.64. The van der Waals surface area contributed by atoms with Crippen molar-refractivity contribution in [3.05, 3.63) is 30.3 Å². The van der Waals surface area contributed by atoms with Crippen LogP contribution in [0.2, 0.25) is 0 Å². The maximum atomic E-state index is 13.2. The van der Waals surface area contributed by atoms with E-state index in [-0.39, 0.29) is 33.1 Å². The van der Waals surface area contributed by atoms with Gasteiger partial charge < -0.3 is 9.47 Å². The maximum Gasteiger partial charge on any atom is 0.303 e. The van der Waals surface area contributed by atoms with Gasteiger partial charge in [-0.05, 0) is 25.0 Å². The zero-order valence-electron chi connectivity index (χ0n) is 13.0.